The first kappa shape index (κ1) is 28.6. The summed E-state index contributed by atoms with van der Waals surface area (Å²) in [6, 6.07) is 7.85. The van der Waals surface area contributed by atoms with E-state index in [4.69, 9.17) is 9.26 Å². The number of amides is 2. The molecule has 3 N–H and O–H groups in total. The molecule has 10 nitrogen and oxygen atoms in total. The molecule has 0 spiro atoms. The zero-order chi connectivity index (χ0) is 29.0. The van der Waals surface area contributed by atoms with E-state index >= 15 is 0 Å². The van der Waals surface area contributed by atoms with Crippen LogP contribution >= 0.6 is 0 Å². The topological polar surface area (TPSA) is 144 Å². The Balaban J connectivity index is 1.44. The molecule has 0 unspecified atom stereocenters. The van der Waals surface area contributed by atoms with Gasteiger partial charge in [0.05, 0.1) is 29.3 Å². The van der Waals surface area contributed by atoms with Crippen molar-refractivity contribution in [1.29, 1.82) is 0 Å². The van der Waals surface area contributed by atoms with Crippen molar-refractivity contribution < 1.29 is 41.9 Å². The number of carboxylic acid groups (broad SMARTS) is 1. The van der Waals surface area contributed by atoms with E-state index in [1.54, 1.807) is 6.92 Å². The number of hydrogen-bond acceptors (Lipinski definition) is 7. The molecule has 1 aromatic carbocycles. The molecule has 40 heavy (non-hydrogen) atoms. The molecule has 0 bridgehead atoms. The van der Waals surface area contributed by atoms with Crippen molar-refractivity contribution >= 4 is 29.3 Å². The maximum Gasteiger partial charge on any atom is 0.416 e. The first-order chi connectivity index (χ1) is 19.0. The van der Waals surface area contributed by atoms with Crippen LogP contribution in [-0.2, 0) is 20.5 Å². The van der Waals surface area contributed by atoms with E-state index in [9.17, 15) is 32.7 Å². The summed E-state index contributed by atoms with van der Waals surface area (Å²) in [5.41, 5.74) is -0.148. The van der Waals surface area contributed by atoms with E-state index in [-0.39, 0.29) is 28.4 Å². The van der Waals surface area contributed by atoms with Gasteiger partial charge in [-0.15, -0.1) is 0 Å². The number of nitrogens with one attached hydrogen (secondary N) is 2. The molecule has 4 rings (SSSR count). The van der Waals surface area contributed by atoms with Gasteiger partial charge in [-0.1, -0.05) is 36.2 Å². The lowest BCUT2D eigenvalue weighted by Gasteiger charge is -2.27. The predicted molar refractivity (Wildman–Crippen MR) is 136 cm³/mol. The van der Waals surface area contributed by atoms with E-state index in [1.165, 1.54) is 43.5 Å². The summed E-state index contributed by atoms with van der Waals surface area (Å²) in [5, 5.41) is 18.4. The highest BCUT2D eigenvalue weighted by atomic mass is 19.4. The summed E-state index contributed by atoms with van der Waals surface area (Å²) in [7, 11) is 0. The molecule has 2 amide bonds. The Morgan fingerprint density at radius 3 is 2.42 bits per heavy atom. The van der Waals surface area contributed by atoms with Crippen LogP contribution in [0.15, 0.2) is 47.1 Å². The average Bonchev–Trinajstić information content (AvgIpc) is 3.28. The Morgan fingerprint density at radius 2 is 1.77 bits per heavy atom. The quantitative estimate of drug-likeness (QED) is 0.310. The number of anilines is 2. The molecule has 0 saturated heterocycles. The zero-order valence-corrected chi connectivity index (χ0v) is 21.6. The molecular weight excluding hydrogens is 533 g/mol. The highest BCUT2D eigenvalue weighted by molar-refractivity contribution is 5.95. The molecule has 0 aliphatic heterocycles. The van der Waals surface area contributed by atoms with Crippen molar-refractivity contribution in [3.05, 3.63) is 59.4 Å². The summed E-state index contributed by atoms with van der Waals surface area (Å²) >= 11 is 0. The second-order valence-electron chi connectivity index (χ2n) is 9.49. The van der Waals surface area contributed by atoms with Crippen molar-refractivity contribution in [2.45, 2.75) is 51.8 Å². The first-order valence-electron chi connectivity index (χ1n) is 12.6. The van der Waals surface area contributed by atoms with Crippen molar-refractivity contribution in [3.8, 4) is 11.5 Å². The number of aliphatic carboxylic acids is 1. The van der Waals surface area contributed by atoms with Crippen LogP contribution in [0.3, 0.4) is 0 Å². The maximum atomic E-state index is 13.4. The molecule has 13 heteroatoms. The maximum absolute atomic E-state index is 13.4. The Bertz CT molecular complexity index is 1390. The summed E-state index contributed by atoms with van der Waals surface area (Å²) in [6.45, 7) is 2.87. The number of alkyl halides is 3. The number of carboxylic acids is 1. The van der Waals surface area contributed by atoms with E-state index in [2.05, 4.69) is 20.8 Å². The fourth-order valence-electron chi connectivity index (χ4n) is 4.73. The minimum atomic E-state index is -4.62. The number of carbonyl (C=O) groups excluding carboxylic acids is 2. The van der Waals surface area contributed by atoms with Crippen molar-refractivity contribution in [3.63, 3.8) is 0 Å². The molecule has 1 aliphatic carbocycles. The highest BCUT2D eigenvalue weighted by Gasteiger charge is 2.36. The Kier molecular flexibility index (Phi) is 8.40. The predicted octanol–water partition coefficient (Wildman–Crippen LogP) is 6.20. The summed E-state index contributed by atoms with van der Waals surface area (Å²) in [6.07, 6.45) is -3.05. The number of ether oxygens (including phenoxy) is 1. The van der Waals surface area contributed by atoms with Crippen molar-refractivity contribution in [2.75, 3.05) is 10.6 Å². The van der Waals surface area contributed by atoms with Gasteiger partial charge in [0.15, 0.2) is 0 Å². The van der Waals surface area contributed by atoms with Gasteiger partial charge in [0.25, 0.3) is 0 Å². The van der Waals surface area contributed by atoms with Gasteiger partial charge in [0.1, 0.15) is 23.2 Å². The number of pyridine rings is 1. The van der Waals surface area contributed by atoms with Crippen LogP contribution in [0, 0.1) is 18.8 Å². The number of halogens is 3. The number of aryl methyl sites for hydroxylation is 1. The Hall–Kier alpha value is -4.42. The lowest BCUT2D eigenvalue weighted by Crippen LogP contribution is -2.36. The van der Waals surface area contributed by atoms with Crippen LogP contribution in [0.2, 0.25) is 0 Å². The SMILES string of the molecule is Cc1noc(-c2ccc(NC(=O)[C@H]3CCCC[C@@H]3C(=O)O)cn2)c1NC(=O)O[C@H](C)c1ccccc1C(F)(F)F. The minimum absolute atomic E-state index is 0.0638. The monoisotopic (exact) mass is 560 g/mol. The number of benzene rings is 1. The lowest BCUT2D eigenvalue weighted by molar-refractivity contribution is -0.147. The largest absolute Gasteiger partial charge is 0.481 e. The second-order valence-corrected chi connectivity index (χ2v) is 9.49. The normalized spacial score (nSPS) is 18.0. The Morgan fingerprint density at radius 1 is 1.07 bits per heavy atom. The zero-order valence-electron chi connectivity index (χ0n) is 21.6. The van der Waals surface area contributed by atoms with Crippen LogP contribution < -0.4 is 10.6 Å². The van der Waals surface area contributed by atoms with Crippen LogP contribution in [0.5, 0.6) is 0 Å². The molecular formula is C27H27F3N4O6. The average molecular weight is 561 g/mol. The van der Waals surface area contributed by atoms with Gasteiger partial charge < -0.3 is 19.7 Å². The van der Waals surface area contributed by atoms with Crippen LogP contribution in [0.4, 0.5) is 29.3 Å². The molecule has 1 aliphatic rings. The third kappa shape index (κ3) is 6.41. The molecule has 3 atom stereocenters. The van der Waals surface area contributed by atoms with Gasteiger partial charge in [-0.2, -0.15) is 13.2 Å². The Labute approximate surface area is 226 Å². The molecule has 212 valence electrons. The number of aromatic nitrogens is 2. The molecule has 1 saturated carbocycles. The third-order valence-electron chi connectivity index (χ3n) is 6.76. The van der Waals surface area contributed by atoms with Gasteiger partial charge in [0.2, 0.25) is 11.7 Å². The van der Waals surface area contributed by atoms with Gasteiger partial charge in [0, 0.05) is 5.56 Å². The second kappa shape index (κ2) is 11.8. The van der Waals surface area contributed by atoms with Crippen molar-refractivity contribution in [1.82, 2.24) is 10.1 Å². The van der Waals surface area contributed by atoms with Crippen molar-refractivity contribution in [2.24, 2.45) is 11.8 Å². The van der Waals surface area contributed by atoms with Crippen LogP contribution in [-0.4, -0.2) is 33.2 Å². The number of hydrogen-bond donors (Lipinski definition) is 3. The molecule has 1 fully saturated rings. The van der Waals surface area contributed by atoms with Crippen LogP contribution in [0.25, 0.3) is 11.5 Å². The molecule has 3 aromatic rings. The fourth-order valence-corrected chi connectivity index (χ4v) is 4.73. The summed E-state index contributed by atoms with van der Waals surface area (Å²) in [4.78, 5) is 41.1. The van der Waals surface area contributed by atoms with Gasteiger partial charge in [-0.05, 0) is 44.9 Å². The first-order valence-corrected chi connectivity index (χ1v) is 12.6. The van der Waals surface area contributed by atoms with Gasteiger partial charge >= 0.3 is 18.2 Å². The standard InChI is InChI=1S/C27H27F3N4O6/c1-14-22(33-26(38)39-15(2)17-7-5-6-10-20(17)27(28,29)30)23(40-34-14)21-12-11-16(13-31-21)32-24(35)18-8-3-4-9-19(18)25(36)37/h5-7,10-13,15,18-19H,3-4,8-9H2,1-2H3,(H,32,35)(H,33,38)(H,36,37)/t15-,18+,19+/m1/s1. The number of carbonyl (C=O) groups is 3. The summed E-state index contributed by atoms with van der Waals surface area (Å²) in [5.74, 6) is -2.71. The van der Waals surface area contributed by atoms with Crippen LogP contribution in [0.1, 0.15) is 55.5 Å². The fraction of sp³-hybridized carbons (Fsp3) is 0.370. The molecule has 2 heterocycles. The van der Waals surface area contributed by atoms with E-state index in [0.29, 0.717) is 18.5 Å². The summed E-state index contributed by atoms with van der Waals surface area (Å²) < 4.78 is 50.6. The third-order valence-corrected chi connectivity index (χ3v) is 6.76. The molecule has 2 aromatic heterocycles. The molecule has 0 radical (unpaired) electrons. The highest BCUT2D eigenvalue weighted by Crippen LogP contribution is 2.36. The van der Waals surface area contributed by atoms with Gasteiger partial charge in [-0.25, -0.2) is 4.79 Å². The number of rotatable bonds is 7. The lowest BCUT2D eigenvalue weighted by atomic mass is 9.78. The van der Waals surface area contributed by atoms with E-state index in [1.807, 2.05) is 0 Å². The van der Waals surface area contributed by atoms with Gasteiger partial charge in [-0.3, -0.25) is 19.9 Å². The number of nitrogens with zero attached hydrogens (tertiary/aromatic N) is 2. The van der Waals surface area contributed by atoms with E-state index in [0.717, 1.165) is 18.9 Å². The smallest absolute Gasteiger partial charge is 0.416 e. The van der Waals surface area contributed by atoms with E-state index < -0.39 is 47.6 Å². The minimum Gasteiger partial charge on any atom is -0.481 e.